The second-order valence-corrected chi connectivity index (χ2v) is 10.3. The number of benzene rings is 2. The summed E-state index contributed by atoms with van der Waals surface area (Å²) in [6, 6.07) is 8.21. The van der Waals surface area contributed by atoms with Crippen LogP contribution in [0.15, 0.2) is 54.9 Å². The fourth-order valence-electron chi connectivity index (χ4n) is 5.30. The van der Waals surface area contributed by atoms with Crippen molar-refractivity contribution in [3.63, 3.8) is 0 Å². The van der Waals surface area contributed by atoms with Crippen molar-refractivity contribution in [3.05, 3.63) is 88.2 Å². The summed E-state index contributed by atoms with van der Waals surface area (Å²) in [7, 11) is 0. The Kier molecular flexibility index (Phi) is 8.05. The Morgan fingerprint density at radius 2 is 1.93 bits per heavy atom. The van der Waals surface area contributed by atoms with Crippen LogP contribution in [0.3, 0.4) is 0 Å². The van der Waals surface area contributed by atoms with E-state index >= 15 is 4.39 Å². The van der Waals surface area contributed by atoms with Gasteiger partial charge in [-0.05, 0) is 61.9 Å². The quantitative estimate of drug-likeness (QED) is 0.287. The number of Topliss-reactive ketones (excluding diaryl/α,β-unsaturated/α-hetero) is 1. The van der Waals surface area contributed by atoms with Crippen molar-refractivity contribution in [2.24, 2.45) is 0 Å². The number of carbonyl (C=O) groups is 4. The first-order chi connectivity index (χ1) is 20.1. The highest BCUT2D eigenvalue weighted by Gasteiger charge is 2.48. The molecule has 0 bridgehead atoms. The van der Waals surface area contributed by atoms with E-state index in [4.69, 9.17) is 21.4 Å². The van der Waals surface area contributed by atoms with E-state index in [1.54, 1.807) is 4.90 Å². The lowest BCUT2D eigenvalue weighted by molar-refractivity contribution is -0.0493. The van der Waals surface area contributed by atoms with Gasteiger partial charge in [0.2, 0.25) is 0 Å². The van der Waals surface area contributed by atoms with Gasteiger partial charge in [-0.1, -0.05) is 11.6 Å². The summed E-state index contributed by atoms with van der Waals surface area (Å²) in [6.07, 6.45) is 0.801. The molecule has 14 heteroatoms. The lowest BCUT2D eigenvalue weighted by Gasteiger charge is -2.45. The van der Waals surface area contributed by atoms with Crippen LogP contribution in [0.2, 0.25) is 5.02 Å². The molecule has 0 saturated carbocycles. The molecule has 2 aromatic carbocycles. The number of amides is 3. The fraction of sp³-hybridized carbons (Fsp3) is 0.250. The number of carbonyl (C=O) groups excluding carboxylic acids is 3. The van der Waals surface area contributed by atoms with Gasteiger partial charge in [0, 0.05) is 30.5 Å². The molecule has 3 aromatic rings. The zero-order valence-electron chi connectivity index (χ0n) is 21.8. The van der Waals surface area contributed by atoms with E-state index in [0.717, 1.165) is 6.20 Å². The molecule has 4 N–H and O–H groups in total. The van der Waals surface area contributed by atoms with Gasteiger partial charge >= 0.3 is 12.2 Å². The number of rotatable bonds is 7. The molecule has 3 amide bonds. The van der Waals surface area contributed by atoms with Crippen LogP contribution in [0.4, 0.5) is 29.7 Å². The molecule has 42 heavy (non-hydrogen) atoms. The molecule has 1 aromatic heterocycles. The molecular weight excluding hydrogens is 576 g/mol. The van der Waals surface area contributed by atoms with Crippen LogP contribution in [0.1, 0.15) is 39.1 Å². The largest absolute Gasteiger partial charge is 0.465 e. The van der Waals surface area contributed by atoms with Crippen LogP contribution < -0.4 is 16.0 Å². The molecule has 1 fully saturated rings. The minimum Gasteiger partial charge on any atom is -0.465 e. The van der Waals surface area contributed by atoms with Crippen LogP contribution in [0.25, 0.3) is 0 Å². The maximum atomic E-state index is 15.3. The molecule has 3 heterocycles. The Hall–Kier alpha value is -4.62. The number of anilines is 2. The second-order valence-electron chi connectivity index (χ2n) is 9.88. The molecule has 5 rings (SSSR count). The van der Waals surface area contributed by atoms with E-state index in [1.807, 2.05) is 0 Å². The highest BCUT2D eigenvalue weighted by atomic mass is 35.5. The predicted molar refractivity (Wildman–Crippen MR) is 147 cm³/mol. The highest BCUT2D eigenvalue weighted by Crippen LogP contribution is 2.45. The number of aromatic nitrogens is 1. The number of carboxylic acid groups (broad SMARTS) is 1. The van der Waals surface area contributed by atoms with Crippen molar-refractivity contribution in [1.82, 2.24) is 15.2 Å². The Bertz CT molecular complexity index is 1570. The molecule has 2 aliphatic heterocycles. The van der Waals surface area contributed by atoms with Crippen LogP contribution >= 0.6 is 11.6 Å². The second kappa shape index (κ2) is 11.7. The first kappa shape index (κ1) is 28.9. The summed E-state index contributed by atoms with van der Waals surface area (Å²) in [4.78, 5) is 55.4. The van der Waals surface area contributed by atoms with E-state index in [1.165, 1.54) is 48.7 Å². The van der Waals surface area contributed by atoms with Gasteiger partial charge in [0.15, 0.2) is 23.0 Å². The van der Waals surface area contributed by atoms with Gasteiger partial charge < -0.3 is 15.2 Å². The Balaban J connectivity index is 1.43. The first-order valence-electron chi connectivity index (χ1n) is 12.8. The standard InChI is InChI=1S/C28H24ClF2N5O6/c29-18-6-7-20-22(23(18)31)28(42-27(41)35-20)9-1-11-36(14-28)13-21(24(37)17-8-10-32-12-19(17)30)34-25(38)15-2-4-16(5-3-15)33-26(39)40/h2-8,10,12,21,33H,1,9,11,13-14H2,(H,34,38)(H,35,41)(H,39,40)/t21-,28-/m0/s1. The van der Waals surface area contributed by atoms with E-state index in [2.05, 4.69) is 20.9 Å². The lowest BCUT2D eigenvalue weighted by Crippen LogP contribution is -2.56. The molecule has 1 spiro atoms. The third kappa shape index (κ3) is 5.87. The topological polar surface area (TPSA) is 150 Å². The average Bonchev–Trinajstić information content (AvgIpc) is 2.94. The van der Waals surface area contributed by atoms with Crippen LogP contribution in [0, 0.1) is 11.6 Å². The average molecular weight is 600 g/mol. The molecule has 1 saturated heterocycles. The summed E-state index contributed by atoms with van der Waals surface area (Å²) < 4.78 is 35.5. The number of fused-ring (bicyclic) bond motifs is 2. The van der Waals surface area contributed by atoms with E-state index in [-0.39, 0.29) is 52.6 Å². The number of hydrogen-bond donors (Lipinski definition) is 4. The van der Waals surface area contributed by atoms with Crippen LogP contribution in [-0.2, 0) is 10.3 Å². The zero-order chi connectivity index (χ0) is 30.0. The van der Waals surface area contributed by atoms with E-state index in [9.17, 15) is 23.6 Å². The number of nitrogens with zero attached hydrogens (tertiary/aromatic N) is 2. The molecule has 0 radical (unpaired) electrons. The van der Waals surface area contributed by atoms with Crippen molar-refractivity contribution in [2.45, 2.75) is 24.5 Å². The van der Waals surface area contributed by atoms with Gasteiger partial charge in [0.25, 0.3) is 5.91 Å². The minimum absolute atomic E-state index is 0.0291. The molecule has 0 unspecified atom stereocenters. The Labute approximate surface area is 242 Å². The molecule has 2 atom stereocenters. The summed E-state index contributed by atoms with van der Waals surface area (Å²) in [5, 5.41) is 16.0. The number of ketones is 1. The minimum atomic E-state index is -1.42. The maximum absolute atomic E-state index is 15.3. The summed E-state index contributed by atoms with van der Waals surface area (Å²) >= 11 is 6.06. The number of nitrogens with one attached hydrogen (secondary N) is 3. The van der Waals surface area contributed by atoms with Crippen molar-refractivity contribution in [2.75, 3.05) is 30.3 Å². The third-order valence-corrected chi connectivity index (χ3v) is 7.40. The number of piperidine rings is 1. The van der Waals surface area contributed by atoms with Gasteiger partial charge in [0.1, 0.15) is 6.04 Å². The number of hydrogen-bond acceptors (Lipinski definition) is 7. The maximum Gasteiger partial charge on any atom is 0.412 e. The Morgan fingerprint density at radius 3 is 2.64 bits per heavy atom. The summed E-state index contributed by atoms with van der Waals surface area (Å²) in [6.45, 7) is 0.242. The first-order valence-corrected chi connectivity index (χ1v) is 13.2. The Morgan fingerprint density at radius 1 is 1.17 bits per heavy atom. The van der Waals surface area contributed by atoms with E-state index < -0.39 is 47.2 Å². The SMILES string of the molecule is O=C(O)Nc1ccc(C(=O)N[C@@H](CN2CCC[C@@]3(C2)OC(=O)Nc2ccc(Cl)c(F)c23)C(=O)c2ccncc2F)cc1. The van der Waals surface area contributed by atoms with Crippen LogP contribution in [-0.4, -0.2) is 64.5 Å². The fourth-order valence-corrected chi connectivity index (χ4v) is 5.46. The van der Waals surface area contributed by atoms with Crippen molar-refractivity contribution in [3.8, 4) is 0 Å². The van der Waals surface area contributed by atoms with Crippen molar-refractivity contribution >= 4 is 46.9 Å². The van der Waals surface area contributed by atoms with Gasteiger partial charge in [-0.2, -0.15) is 0 Å². The molecule has 11 nitrogen and oxygen atoms in total. The highest BCUT2D eigenvalue weighted by molar-refractivity contribution is 6.31. The van der Waals surface area contributed by atoms with Gasteiger partial charge in [-0.15, -0.1) is 0 Å². The molecular formula is C28H24ClF2N5O6. The summed E-state index contributed by atoms with van der Waals surface area (Å²) in [5.74, 6) is -3.02. The normalized spacial score (nSPS) is 18.8. The zero-order valence-corrected chi connectivity index (χ0v) is 22.6. The van der Waals surface area contributed by atoms with E-state index in [0.29, 0.717) is 13.0 Å². The van der Waals surface area contributed by atoms with Gasteiger partial charge in [0.05, 0.1) is 28.0 Å². The molecule has 218 valence electrons. The van der Waals surface area contributed by atoms with Crippen molar-refractivity contribution in [1.29, 1.82) is 0 Å². The number of likely N-dealkylation sites (tertiary alicyclic amines) is 1. The van der Waals surface area contributed by atoms with Gasteiger partial charge in [-0.3, -0.25) is 30.1 Å². The molecule has 0 aliphatic carbocycles. The molecule has 2 aliphatic rings. The monoisotopic (exact) mass is 599 g/mol. The number of pyridine rings is 1. The smallest absolute Gasteiger partial charge is 0.412 e. The van der Waals surface area contributed by atoms with Crippen LogP contribution in [0.5, 0.6) is 0 Å². The summed E-state index contributed by atoms with van der Waals surface area (Å²) in [5.41, 5.74) is -1.06. The number of halogens is 3. The van der Waals surface area contributed by atoms with Gasteiger partial charge in [-0.25, -0.2) is 18.4 Å². The third-order valence-electron chi connectivity index (χ3n) is 7.11. The lowest BCUT2D eigenvalue weighted by atomic mass is 9.83. The van der Waals surface area contributed by atoms with Crippen molar-refractivity contribution < 1.29 is 37.8 Å². The number of ether oxygens (including phenoxy) is 1. The predicted octanol–water partition coefficient (Wildman–Crippen LogP) is 4.64.